The van der Waals surface area contributed by atoms with Gasteiger partial charge < -0.3 is 20.8 Å². The Hall–Kier alpha value is -1.40. The Morgan fingerprint density at radius 3 is 2.54 bits per heavy atom. The predicted octanol–water partition coefficient (Wildman–Crippen LogP) is 1.43. The van der Waals surface area contributed by atoms with E-state index in [-0.39, 0.29) is 24.9 Å². The van der Waals surface area contributed by atoms with E-state index in [0.717, 1.165) is 5.56 Å². The number of rotatable bonds is 7. The summed E-state index contributed by atoms with van der Waals surface area (Å²) in [6.07, 6.45) is 1.27. The monoisotopic (exact) mass is 356 g/mol. The van der Waals surface area contributed by atoms with Gasteiger partial charge in [0, 0.05) is 25.8 Å². The molecule has 2 atom stereocenters. The van der Waals surface area contributed by atoms with Crippen molar-refractivity contribution in [3.63, 3.8) is 0 Å². The Bertz CT molecular complexity index is 621. The molecular formula is C16H25N2O5P. The molecule has 1 heterocycles. The van der Waals surface area contributed by atoms with Gasteiger partial charge in [-0.15, -0.1) is 0 Å². The summed E-state index contributed by atoms with van der Waals surface area (Å²) < 4.78 is 12.6. The minimum absolute atomic E-state index is 0.0278. The van der Waals surface area contributed by atoms with Crippen LogP contribution in [0.5, 0.6) is 5.75 Å². The van der Waals surface area contributed by atoms with Gasteiger partial charge >= 0.3 is 5.97 Å². The first-order chi connectivity index (χ1) is 11.3. The van der Waals surface area contributed by atoms with Gasteiger partial charge in [-0.1, -0.05) is 18.6 Å². The Balaban J connectivity index is 2.18. The third-order valence-corrected chi connectivity index (χ3v) is 7.36. The van der Waals surface area contributed by atoms with Crippen molar-refractivity contribution < 1.29 is 24.5 Å². The van der Waals surface area contributed by atoms with Gasteiger partial charge in [-0.3, -0.25) is 14.3 Å². The number of phenols is 1. The number of carboxylic acids is 1. The van der Waals surface area contributed by atoms with Gasteiger partial charge in [-0.2, -0.15) is 0 Å². The van der Waals surface area contributed by atoms with Gasteiger partial charge in [0.1, 0.15) is 5.75 Å². The zero-order chi connectivity index (χ0) is 17.8. The molecule has 0 saturated carbocycles. The van der Waals surface area contributed by atoms with E-state index in [9.17, 15) is 24.5 Å². The topological polar surface area (TPSA) is 124 Å². The molecule has 0 aliphatic carbocycles. The van der Waals surface area contributed by atoms with Crippen molar-refractivity contribution in [2.45, 2.75) is 31.0 Å². The van der Waals surface area contributed by atoms with Crippen LogP contribution in [0.2, 0.25) is 0 Å². The second-order valence-corrected chi connectivity index (χ2v) is 9.09. The molecule has 1 fully saturated rings. The lowest BCUT2D eigenvalue weighted by atomic mass is 9.99. The number of hydrogen-bond donors (Lipinski definition) is 4. The molecule has 5 N–H and O–H groups in total. The van der Waals surface area contributed by atoms with Crippen LogP contribution < -0.4 is 5.73 Å². The molecule has 24 heavy (non-hydrogen) atoms. The lowest BCUT2D eigenvalue weighted by Gasteiger charge is -2.43. The molecular weight excluding hydrogens is 331 g/mol. The number of aromatic hydroxyl groups is 1. The molecule has 1 aliphatic rings. The zero-order valence-electron chi connectivity index (χ0n) is 13.6. The lowest BCUT2D eigenvalue weighted by molar-refractivity contribution is -0.141. The molecule has 1 aliphatic heterocycles. The molecule has 0 aromatic heterocycles. The first kappa shape index (κ1) is 18.9. The SMILES string of the molecule is NCCCC[C@@]1(C(=O)O)CN(Cc2ccc(O)cc2)CCP1(=O)O. The fraction of sp³-hybridized carbons (Fsp3) is 0.562. The van der Waals surface area contributed by atoms with E-state index in [1.54, 1.807) is 24.3 Å². The summed E-state index contributed by atoms with van der Waals surface area (Å²) in [6.45, 7) is 1.33. The molecule has 0 spiro atoms. The highest BCUT2D eigenvalue weighted by molar-refractivity contribution is 7.61. The zero-order valence-corrected chi connectivity index (χ0v) is 14.5. The van der Waals surface area contributed by atoms with E-state index in [0.29, 0.717) is 32.5 Å². The van der Waals surface area contributed by atoms with E-state index in [1.165, 1.54) is 0 Å². The molecule has 1 aromatic carbocycles. The third kappa shape index (κ3) is 3.98. The maximum absolute atomic E-state index is 12.6. The summed E-state index contributed by atoms with van der Waals surface area (Å²) in [4.78, 5) is 24.2. The Morgan fingerprint density at radius 1 is 1.29 bits per heavy atom. The van der Waals surface area contributed by atoms with Gasteiger partial charge in [0.05, 0.1) is 0 Å². The molecule has 0 bridgehead atoms. The normalized spacial score (nSPS) is 27.9. The maximum atomic E-state index is 12.6. The summed E-state index contributed by atoms with van der Waals surface area (Å²) in [6, 6.07) is 6.67. The highest BCUT2D eigenvalue weighted by Gasteiger charge is 2.56. The Labute approximate surface area is 141 Å². The van der Waals surface area contributed by atoms with Crippen LogP contribution in [0.3, 0.4) is 0 Å². The molecule has 0 radical (unpaired) electrons. The van der Waals surface area contributed by atoms with Gasteiger partial charge in [0.15, 0.2) is 5.16 Å². The molecule has 1 saturated heterocycles. The number of carbonyl (C=O) groups is 1. The molecule has 1 unspecified atom stereocenters. The van der Waals surface area contributed by atoms with Crippen LogP contribution in [0, 0.1) is 0 Å². The average molecular weight is 356 g/mol. The summed E-state index contributed by atoms with van der Waals surface area (Å²) in [5, 5.41) is 17.4. The van der Waals surface area contributed by atoms with Crippen molar-refractivity contribution in [3.05, 3.63) is 29.8 Å². The van der Waals surface area contributed by atoms with Crippen LogP contribution in [0.15, 0.2) is 24.3 Å². The third-order valence-electron chi connectivity index (χ3n) is 4.66. The number of carboxylic acid groups (broad SMARTS) is 1. The fourth-order valence-corrected chi connectivity index (χ4v) is 5.39. The number of phenolic OH excluding ortho intramolecular Hbond substituents is 1. The number of benzene rings is 1. The van der Waals surface area contributed by atoms with Crippen molar-refractivity contribution in [1.29, 1.82) is 0 Å². The predicted molar refractivity (Wildman–Crippen MR) is 91.3 cm³/mol. The fourth-order valence-electron chi connectivity index (χ4n) is 3.18. The number of aliphatic carboxylic acids is 1. The molecule has 7 nitrogen and oxygen atoms in total. The second-order valence-electron chi connectivity index (χ2n) is 6.38. The van der Waals surface area contributed by atoms with E-state index in [4.69, 9.17) is 5.73 Å². The number of nitrogens with zero attached hydrogens (tertiary/aromatic N) is 1. The van der Waals surface area contributed by atoms with Crippen molar-refractivity contribution in [1.82, 2.24) is 4.90 Å². The van der Waals surface area contributed by atoms with Crippen molar-refractivity contribution in [2.75, 3.05) is 25.8 Å². The van der Waals surface area contributed by atoms with Crippen LogP contribution >= 0.6 is 7.37 Å². The van der Waals surface area contributed by atoms with Crippen LogP contribution in [-0.4, -0.2) is 56.9 Å². The molecule has 0 amide bonds. The van der Waals surface area contributed by atoms with Gasteiger partial charge in [-0.05, 0) is 37.1 Å². The quantitative estimate of drug-likeness (QED) is 0.430. The Morgan fingerprint density at radius 2 is 1.96 bits per heavy atom. The molecule has 2 rings (SSSR count). The van der Waals surface area contributed by atoms with E-state index in [2.05, 4.69) is 0 Å². The van der Waals surface area contributed by atoms with E-state index < -0.39 is 18.5 Å². The summed E-state index contributed by atoms with van der Waals surface area (Å²) in [5.41, 5.74) is 6.38. The first-order valence-electron chi connectivity index (χ1n) is 8.06. The van der Waals surface area contributed by atoms with Gasteiger partial charge in [-0.25, -0.2) is 0 Å². The first-order valence-corrected chi connectivity index (χ1v) is 9.91. The van der Waals surface area contributed by atoms with Crippen molar-refractivity contribution in [2.24, 2.45) is 5.73 Å². The largest absolute Gasteiger partial charge is 0.508 e. The van der Waals surface area contributed by atoms with Gasteiger partial charge in [0.2, 0.25) is 7.37 Å². The van der Waals surface area contributed by atoms with E-state index >= 15 is 0 Å². The number of nitrogens with two attached hydrogens (primary N) is 1. The summed E-state index contributed by atoms with van der Waals surface area (Å²) >= 11 is 0. The minimum Gasteiger partial charge on any atom is -0.508 e. The maximum Gasteiger partial charge on any atom is 0.320 e. The van der Waals surface area contributed by atoms with Crippen LogP contribution in [0.1, 0.15) is 24.8 Å². The van der Waals surface area contributed by atoms with Crippen LogP contribution in [-0.2, 0) is 15.9 Å². The highest BCUT2D eigenvalue weighted by atomic mass is 31.2. The number of unbranched alkanes of at least 4 members (excludes halogenated alkanes) is 1. The minimum atomic E-state index is -3.80. The van der Waals surface area contributed by atoms with Gasteiger partial charge in [0.25, 0.3) is 0 Å². The molecule has 134 valence electrons. The summed E-state index contributed by atoms with van der Waals surface area (Å²) in [7, 11) is -3.80. The van der Waals surface area contributed by atoms with E-state index in [1.807, 2.05) is 4.90 Å². The molecule has 1 aromatic rings. The van der Waals surface area contributed by atoms with Crippen molar-refractivity contribution >= 4 is 13.3 Å². The highest BCUT2D eigenvalue weighted by Crippen LogP contribution is 2.59. The van der Waals surface area contributed by atoms with Crippen molar-refractivity contribution in [3.8, 4) is 5.75 Å². The lowest BCUT2D eigenvalue weighted by Crippen LogP contribution is -2.53. The average Bonchev–Trinajstić information content (AvgIpc) is 2.52. The summed E-state index contributed by atoms with van der Waals surface area (Å²) in [5.74, 6) is -1.04. The smallest absolute Gasteiger partial charge is 0.320 e. The Kier molecular flexibility index (Phi) is 6.04. The second kappa shape index (κ2) is 7.66. The van der Waals surface area contributed by atoms with Crippen LogP contribution in [0.4, 0.5) is 0 Å². The molecule has 8 heteroatoms. The standard InChI is InChI=1S/C16H25N2O5P/c17-8-2-1-7-16(15(20)21)12-18(9-10-24(16,22)23)11-13-3-5-14(19)6-4-13/h3-6,19H,1-2,7-12,17H2,(H,20,21)(H,22,23)/t16-/m0/s1. The number of hydrogen-bond acceptors (Lipinski definition) is 5. The van der Waals surface area contributed by atoms with Crippen LogP contribution in [0.25, 0.3) is 0 Å².